The van der Waals surface area contributed by atoms with Crippen LogP contribution in [0.1, 0.15) is 5.56 Å². The molecule has 0 saturated carbocycles. The van der Waals surface area contributed by atoms with E-state index in [4.69, 9.17) is 4.98 Å². The number of benzene rings is 9. The van der Waals surface area contributed by atoms with E-state index in [-0.39, 0.29) is 0 Å². The van der Waals surface area contributed by atoms with Crippen LogP contribution in [0.4, 0.5) is 0 Å². The van der Waals surface area contributed by atoms with Crippen molar-refractivity contribution in [1.29, 1.82) is 0 Å². The van der Waals surface area contributed by atoms with E-state index in [1.54, 1.807) is 0 Å². The molecule has 0 unspecified atom stereocenters. The third-order valence-corrected chi connectivity index (χ3v) is 10.2. The largest absolute Gasteiger partial charge is 0.292 e. The molecule has 0 amide bonds. The molecule has 234 valence electrons. The van der Waals surface area contributed by atoms with Crippen LogP contribution in [-0.2, 0) is 0 Å². The van der Waals surface area contributed by atoms with Crippen molar-refractivity contribution in [2.45, 2.75) is 6.92 Å². The van der Waals surface area contributed by atoms with Gasteiger partial charge in [0, 0.05) is 11.3 Å². The molecule has 10 rings (SSSR count). The number of imidazole rings is 1. The average Bonchev–Trinajstić information content (AvgIpc) is 3.56. The van der Waals surface area contributed by atoms with Gasteiger partial charge in [0.25, 0.3) is 0 Å². The summed E-state index contributed by atoms with van der Waals surface area (Å²) in [6.07, 6.45) is 0. The molecule has 0 fully saturated rings. The quantitative estimate of drug-likeness (QED) is 0.176. The van der Waals surface area contributed by atoms with Gasteiger partial charge in [-0.05, 0) is 115 Å². The molecule has 10 aromatic rings. The van der Waals surface area contributed by atoms with Crippen LogP contribution in [0.3, 0.4) is 0 Å². The molecule has 2 nitrogen and oxygen atoms in total. The normalized spacial score (nSPS) is 11.7. The monoisotopic (exact) mass is 636 g/mol. The number of fused-ring (bicyclic) bond motifs is 5. The fourth-order valence-electron chi connectivity index (χ4n) is 7.87. The van der Waals surface area contributed by atoms with E-state index in [9.17, 15) is 0 Å². The Morgan fingerprint density at radius 2 is 0.860 bits per heavy atom. The van der Waals surface area contributed by atoms with E-state index >= 15 is 0 Å². The van der Waals surface area contributed by atoms with Crippen LogP contribution < -0.4 is 0 Å². The summed E-state index contributed by atoms with van der Waals surface area (Å²) in [6, 6.07) is 63.9. The number of rotatable bonds is 4. The van der Waals surface area contributed by atoms with Gasteiger partial charge < -0.3 is 0 Å². The second-order valence-electron chi connectivity index (χ2n) is 13.3. The van der Waals surface area contributed by atoms with E-state index < -0.39 is 0 Å². The predicted molar refractivity (Wildman–Crippen MR) is 212 cm³/mol. The molecule has 9 aromatic carbocycles. The topological polar surface area (TPSA) is 17.8 Å². The standard InChI is InChI=1S/C48H32N2/c1-31-19-20-33-28-36(24-21-32(33)27-31)46-40-13-5-7-15-42(40)47(43-16-8-6-14-41(43)46)37-25-22-35-30-38(26-23-34(35)29-37)48-49-44-17-9-10-18-45(44)50(48)39-11-3-2-4-12-39/h2-30H,1H3. The number of aromatic nitrogens is 2. The average molecular weight is 637 g/mol. The minimum atomic E-state index is 0.944. The van der Waals surface area contributed by atoms with Crippen molar-refractivity contribution < 1.29 is 0 Å². The van der Waals surface area contributed by atoms with Crippen molar-refractivity contribution in [2.24, 2.45) is 0 Å². The summed E-state index contributed by atoms with van der Waals surface area (Å²) in [6.45, 7) is 2.15. The lowest BCUT2D eigenvalue weighted by Crippen LogP contribution is -1.97. The molecule has 0 N–H and O–H groups in total. The lowest BCUT2D eigenvalue weighted by Gasteiger charge is -2.18. The van der Waals surface area contributed by atoms with E-state index in [0.717, 1.165) is 28.1 Å². The fraction of sp³-hybridized carbons (Fsp3) is 0.0208. The van der Waals surface area contributed by atoms with E-state index in [1.807, 2.05) is 0 Å². The van der Waals surface area contributed by atoms with Crippen LogP contribution >= 0.6 is 0 Å². The lowest BCUT2D eigenvalue weighted by molar-refractivity contribution is 1.10. The molecule has 0 aliphatic heterocycles. The number of nitrogens with zero attached hydrogens (tertiary/aromatic N) is 2. The van der Waals surface area contributed by atoms with Crippen LogP contribution in [0.2, 0.25) is 0 Å². The Labute approximate surface area is 290 Å². The highest BCUT2D eigenvalue weighted by Crippen LogP contribution is 2.44. The van der Waals surface area contributed by atoms with Gasteiger partial charge in [0.2, 0.25) is 0 Å². The molecule has 0 spiro atoms. The maximum Gasteiger partial charge on any atom is 0.145 e. The van der Waals surface area contributed by atoms with Crippen molar-refractivity contribution in [1.82, 2.24) is 9.55 Å². The molecule has 0 saturated heterocycles. The number of hydrogen-bond acceptors (Lipinski definition) is 1. The third kappa shape index (κ3) is 4.53. The predicted octanol–water partition coefficient (Wildman–Crippen LogP) is 12.9. The summed E-state index contributed by atoms with van der Waals surface area (Å²) >= 11 is 0. The van der Waals surface area contributed by atoms with Gasteiger partial charge in [-0.25, -0.2) is 4.98 Å². The van der Waals surface area contributed by atoms with Crippen LogP contribution in [-0.4, -0.2) is 9.55 Å². The van der Waals surface area contributed by atoms with E-state index in [0.29, 0.717) is 0 Å². The molecule has 50 heavy (non-hydrogen) atoms. The first-order valence-corrected chi connectivity index (χ1v) is 17.2. The number of para-hydroxylation sites is 3. The van der Waals surface area contributed by atoms with Gasteiger partial charge in [-0.2, -0.15) is 0 Å². The van der Waals surface area contributed by atoms with Crippen LogP contribution in [0.5, 0.6) is 0 Å². The molecule has 0 atom stereocenters. The Balaban J connectivity index is 1.15. The summed E-state index contributed by atoms with van der Waals surface area (Å²) in [7, 11) is 0. The summed E-state index contributed by atoms with van der Waals surface area (Å²) < 4.78 is 2.27. The van der Waals surface area contributed by atoms with Gasteiger partial charge in [-0.3, -0.25) is 4.57 Å². The molecule has 1 aromatic heterocycles. The van der Waals surface area contributed by atoms with Gasteiger partial charge in [0.15, 0.2) is 0 Å². The van der Waals surface area contributed by atoms with Crippen molar-refractivity contribution in [3.05, 3.63) is 181 Å². The van der Waals surface area contributed by atoms with Crippen molar-refractivity contribution in [3.63, 3.8) is 0 Å². The van der Waals surface area contributed by atoms with Gasteiger partial charge in [-0.15, -0.1) is 0 Å². The van der Waals surface area contributed by atoms with Gasteiger partial charge in [0.05, 0.1) is 11.0 Å². The van der Waals surface area contributed by atoms with E-state index in [1.165, 1.54) is 70.9 Å². The Morgan fingerprint density at radius 1 is 0.400 bits per heavy atom. The zero-order chi connectivity index (χ0) is 33.2. The van der Waals surface area contributed by atoms with Crippen LogP contribution in [0.15, 0.2) is 176 Å². The van der Waals surface area contributed by atoms with Gasteiger partial charge in [-0.1, -0.05) is 139 Å². The first kappa shape index (κ1) is 28.5. The maximum absolute atomic E-state index is 5.12. The minimum Gasteiger partial charge on any atom is -0.292 e. The Morgan fingerprint density at radius 3 is 1.46 bits per heavy atom. The highest BCUT2D eigenvalue weighted by molar-refractivity contribution is 6.22. The number of aryl methyl sites for hydroxylation is 1. The van der Waals surface area contributed by atoms with Crippen molar-refractivity contribution in [2.75, 3.05) is 0 Å². The smallest absolute Gasteiger partial charge is 0.145 e. The molecular formula is C48H32N2. The summed E-state index contributed by atoms with van der Waals surface area (Å²) in [5, 5.41) is 9.99. The molecule has 0 radical (unpaired) electrons. The van der Waals surface area contributed by atoms with Crippen LogP contribution in [0, 0.1) is 6.92 Å². The van der Waals surface area contributed by atoms with Crippen molar-refractivity contribution in [3.8, 4) is 39.3 Å². The summed E-state index contributed by atoms with van der Waals surface area (Å²) in [5.41, 5.74) is 10.6. The highest BCUT2D eigenvalue weighted by Gasteiger charge is 2.18. The summed E-state index contributed by atoms with van der Waals surface area (Å²) in [4.78, 5) is 5.12. The molecule has 1 heterocycles. The first-order chi connectivity index (χ1) is 24.7. The zero-order valence-electron chi connectivity index (χ0n) is 27.6. The highest BCUT2D eigenvalue weighted by atomic mass is 15.1. The lowest BCUT2D eigenvalue weighted by atomic mass is 9.85. The van der Waals surface area contributed by atoms with E-state index in [2.05, 4.69) is 187 Å². The maximum atomic E-state index is 5.12. The molecular weight excluding hydrogens is 605 g/mol. The van der Waals surface area contributed by atoms with Gasteiger partial charge >= 0.3 is 0 Å². The number of hydrogen-bond donors (Lipinski definition) is 0. The van der Waals surface area contributed by atoms with Crippen molar-refractivity contribution >= 4 is 54.1 Å². The van der Waals surface area contributed by atoms with Gasteiger partial charge in [0.1, 0.15) is 5.82 Å². The molecule has 0 bridgehead atoms. The molecule has 2 heteroatoms. The SMILES string of the molecule is Cc1ccc2cc(-c3c4ccccc4c(-c4ccc5cc(-c6nc7ccccc7n6-c6ccccc6)ccc5c4)c4ccccc34)ccc2c1. The fourth-order valence-corrected chi connectivity index (χ4v) is 7.87. The molecule has 0 aliphatic carbocycles. The second-order valence-corrected chi connectivity index (χ2v) is 13.3. The minimum absolute atomic E-state index is 0.944. The first-order valence-electron chi connectivity index (χ1n) is 17.2. The molecule has 0 aliphatic rings. The summed E-state index contributed by atoms with van der Waals surface area (Å²) in [5.74, 6) is 0.944. The Kier molecular flexibility index (Phi) is 6.43. The Hall–Kier alpha value is -6.51. The third-order valence-electron chi connectivity index (χ3n) is 10.2. The van der Waals surface area contributed by atoms with Crippen LogP contribution in [0.25, 0.3) is 93.5 Å². The second kappa shape index (κ2) is 11.3. The zero-order valence-corrected chi connectivity index (χ0v) is 27.6. The Bertz CT molecular complexity index is 2880.